The maximum absolute atomic E-state index is 13.1. The number of thiol groups is 1. The van der Waals surface area contributed by atoms with Gasteiger partial charge >= 0.3 is 0 Å². The zero-order chi connectivity index (χ0) is 19.4. The molecule has 1 aliphatic heterocycles. The molecule has 7 heteroatoms. The SMILES string of the molecule is CC1CC(OCC(S)CN2CCN(c3ccc(F)cc3)CC2)CC(C)(C)C1.Cl.Cl. The highest BCUT2D eigenvalue weighted by atomic mass is 35.5. The highest BCUT2D eigenvalue weighted by molar-refractivity contribution is 7.81. The summed E-state index contributed by atoms with van der Waals surface area (Å²) in [5.41, 5.74) is 1.50. The summed E-state index contributed by atoms with van der Waals surface area (Å²) < 4.78 is 19.3. The third-order valence-electron chi connectivity index (χ3n) is 5.90. The minimum absolute atomic E-state index is 0. The van der Waals surface area contributed by atoms with Gasteiger partial charge in [-0.05, 0) is 54.9 Å². The first kappa shape index (κ1) is 26.8. The number of anilines is 1. The molecule has 0 spiro atoms. The fraction of sp³-hybridized carbons (Fsp3) is 0.727. The third-order valence-corrected chi connectivity index (χ3v) is 6.22. The van der Waals surface area contributed by atoms with Crippen LogP contribution in [-0.2, 0) is 4.74 Å². The van der Waals surface area contributed by atoms with Gasteiger partial charge in [-0.3, -0.25) is 4.90 Å². The Morgan fingerprint density at radius 3 is 2.31 bits per heavy atom. The maximum Gasteiger partial charge on any atom is 0.123 e. The Balaban J connectivity index is 0.00000210. The topological polar surface area (TPSA) is 15.7 Å². The number of halogens is 3. The Labute approximate surface area is 194 Å². The summed E-state index contributed by atoms with van der Waals surface area (Å²) in [6.07, 6.45) is 4.03. The van der Waals surface area contributed by atoms with Gasteiger partial charge in [0, 0.05) is 43.7 Å². The van der Waals surface area contributed by atoms with Gasteiger partial charge in [-0.2, -0.15) is 12.6 Å². The third kappa shape index (κ3) is 8.45. The molecule has 0 bridgehead atoms. The molecule has 3 nitrogen and oxygen atoms in total. The number of hydrogen-bond donors (Lipinski definition) is 1. The van der Waals surface area contributed by atoms with Crippen LogP contribution in [-0.4, -0.2) is 55.6 Å². The molecule has 1 aliphatic carbocycles. The molecular weight excluding hydrogens is 430 g/mol. The molecule has 1 aromatic carbocycles. The molecule has 0 aromatic heterocycles. The number of benzene rings is 1. The van der Waals surface area contributed by atoms with E-state index in [2.05, 4.69) is 30.6 Å². The van der Waals surface area contributed by atoms with Gasteiger partial charge in [0.05, 0.1) is 12.7 Å². The van der Waals surface area contributed by atoms with Gasteiger partial charge in [-0.25, -0.2) is 4.39 Å². The van der Waals surface area contributed by atoms with Gasteiger partial charge in [-0.1, -0.05) is 20.8 Å². The van der Waals surface area contributed by atoms with Crippen LogP contribution in [0.15, 0.2) is 24.3 Å². The lowest BCUT2D eigenvalue weighted by Gasteiger charge is -2.39. The quantitative estimate of drug-likeness (QED) is 0.571. The minimum atomic E-state index is -0.175. The Hall–Kier alpha value is -0.200. The predicted octanol–water partition coefficient (Wildman–Crippen LogP) is 5.32. The first-order valence-corrected chi connectivity index (χ1v) is 10.8. The molecule has 2 aliphatic rings. The van der Waals surface area contributed by atoms with E-state index in [-0.39, 0.29) is 35.9 Å². The number of hydrogen-bond acceptors (Lipinski definition) is 4. The first-order valence-electron chi connectivity index (χ1n) is 10.3. The minimum Gasteiger partial charge on any atom is -0.377 e. The van der Waals surface area contributed by atoms with E-state index in [0.717, 1.165) is 57.4 Å². The van der Waals surface area contributed by atoms with E-state index in [1.807, 2.05) is 12.1 Å². The fourth-order valence-corrected chi connectivity index (χ4v) is 5.14. The summed E-state index contributed by atoms with van der Waals surface area (Å²) in [7, 11) is 0. The predicted molar refractivity (Wildman–Crippen MR) is 129 cm³/mol. The molecule has 2 fully saturated rings. The van der Waals surface area contributed by atoms with Crippen LogP contribution in [0.3, 0.4) is 0 Å². The molecule has 0 amide bonds. The van der Waals surface area contributed by atoms with Crippen molar-refractivity contribution < 1.29 is 9.13 Å². The molecule has 0 radical (unpaired) electrons. The van der Waals surface area contributed by atoms with E-state index in [1.54, 1.807) is 0 Å². The summed E-state index contributed by atoms with van der Waals surface area (Å²) >= 11 is 4.79. The fourth-order valence-electron chi connectivity index (χ4n) is 4.82. The number of piperazine rings is 1. The van der Waals surface area contributed by atoms with Crippen LogP contribution in [0.4, 0.5) is 10.1 Å². The average molecular weight is 468 g/mol. The van der Waals surface area contributed by atoms with E-state index >= 15 is 0 Å². The van der Waals surface area contributed by atoms with Crippen LogP contribution >= 0.6 is 37.4 Å². The second-order valence-electron chi connectivity index (χ2n) is 9.29. The van der Waals surface area contributed by atoms with Gasteiger partial charge < -0.3 is 9.64 Å². The van der Waals surface area contributed by atoms with E-state index in [1.165, 1.54) is 25.0 Å². The monoisotopic (exact) mass is 466 g/mol. The van der Waals surface area contributed by atoms with Crippen LogP contribution in [0.1, 0.15) is 40.0 Å². The normalized spacial score (nSPS) is 25.6. The second-order valence-corrected chi connectivity index (χ2v) is 10.0. The van der Waals surface area contributed by atoms with Crippen molar-refractivity contribution in [3.05, 3.63) is 30.1 Å². The zero-order valence-electron chi connectivity index (χ0n) is 17.8. The highest BCUT2D eigenvalue weighted by Gasteiger charge is 2.32. The van der Waals surface area contributed by atoms with Crippen molar-refractivity contribution in [2.75, 3.05) is 44.2 Å². The van der Waals surface area contributed by atoms with Gasteiger partial charge in [-0.15, -0.1) is 24.8 Å². The van der Waals surface area contributed by atoms with Gasteiger partial charge in [0.25, 0.3) is 0 Å². The van der Waals surface area contributed by atoms with Crippen molar-refractivity contribution in [3.63, 3.8) is 0 Å². The molecule has 0 N–H and O–H groups in total. The van der Waals surface area contributed by atoms with Crippen LogP contribution in [0.2, 0.25) is 0 Å². The lowest BCUT2D eigenvalue weighted by molar-refractivity contribution is -0.0237. The molecule has 1 heterocycles. The molecule has 1 saturated carbocycles. The molecule has 168 valence electrons. The Bertz CT molecular complexity index is 597. The number of rotatable bonds is 6. The van der Waals surface area contributed by atoms with Crippen molar-refractivity contribution in [1.82, 2.24) is 4.90 Å². The van der Waals surface area contributed by atoms with E-state index in [4.69, 9.17) is 17.4 Å². The first-order chi connectivity index (χ1) is 12.8. The van der Waals surface area contributed by atoms with Gasteiger partial charge in [0.2, 0.25) is 0 Å². The van der Waals surface area contributed by atoms with Gasteiger partial charge in [0.1, 0.15) is 5.82 Å². The smallest absolute Gasteiger partial charge is 0.123 e. The summed E-state index contributed by atoms with van der Waals surface area (Å²) in [5, 5.41) is 0.253. The van der Waals surface area contributed by atoms with Crippen LogP contribution < -0.4 is 4.90 Å². The van der Waals surface area contributed by atoms with Crippen molar-refractivity contribution in [2.45, 2.75) is 51.4 Å². The van der Waals surface area contributed by atoms with Crippen molar-refractivity contribution in [1.29, 1.82) is 0 Å². The van der Waals surface area contributed by atoms with Crippen LogP contribution in [0.25, 0.3) is 0 Å². The molecule has 1 saturated heterocycles. The zero-order valence-corrected chi connectivity index (χ0v) is 20.4. The van der Waals surface area contributed by atoms with E-state index < -0.39 is 0 Å². The second kappa shape index (κ2) is 12.0. The average Bonchev–Trinajstić information content (AvgIpc) is 2.60. The van der Waals surface area contributed by atoms with Crippen molar-refractivity contribution in [3.8, 4) is 0 Å². The Kier molecular flexibility index (Phi) is 11.1. The largest absolute Gasteiger partial charge is 0.377 e. The summed E-state index contributed by atoms with van der Waals surface area (Å²) in [6.45, 7) is 12.7. The lowest BCUT2D eigenvalue weighted by Crippen LogP contribution is -2.48. The lowest BCUT2D eigenvalue weighted by atomic mass is 9.71. The highest BCUT2D eigenvalue weighted by Crippen LogP contribution is 2.39. The molecule has 3 atom stereocenters. The number of ether oxygens (including phenoxy) is 1. The summed E-state index contributed by atoms with van der Waals surface area (Å²) in [5.74, 6) is 0.572. The molecular formula is C22H37Cl2FN2OS. The molecule has 29 heavy (non-hydrogen) atoms. The van der Waals surface area contributed by atoms with E-state index in [0.29, 0.717) is 11.5 Å². The van der Waals surface area contributed by atoms with Crippen LogP contribution in [0.5, 0.6) is 0 Å². The van der Waals surface area contributed by atoms with Gasteiger partial charge in [0.15, 0.2) is 0 Å². The molecule has 3 unspecified atom stereocenters. The standard InChI is InChI=1S/C22H35FN2OS.2ClH/c1-17-12-20(14-22(2,3)13-17)26-16-21(27)15-24-8-10-25(11-9-24)19-6-4-18(23)5-7-19;;/h4-7,17,20-21,27H,8-16H2,1-3H3;2*1H. The summed E-state index contributed by atoms with van der Waals surface area (Å²) in [6, 6.07) is 6.81. The Morgan fingerprint density at radius 2 is 1.72 bits per heavy atom. The molecule has 3 rings (SSSR count). The number of nitrogens with zero attached hydrogens (tertiary/aromatic N) is 2. The summed E-state index contributed by atoms with van der Waals surface area (Å²) in [4.78, 5) is 4.79. The maximum atomic E-state index is 13.1. The van der Waals surface area contributed by atoms with Crippen molar-refractivity contribution in [2.24, 2.45) is 11.3 Å². The molecule has 1 aromatic rings. The van der Waals surface area contributed by atoms with Crippen LogP contribution in [0, 0.1) is 17.2 Å². The van der Waals surface area contributed by atoms with Crippen molar-refractivity contribution >= 4 is 43.1 Å². The van der Waals surface area contributed by atoms with E-state index in [9.17, 15) is 4.39 Å². The Morgan fingerprint density at radius 1 is 1.10 bits per heavy atom.